The molecule has 1 aromatic heterocycles. The summed E-state index contributed by atoms with van der Waals surface area (Å²) in [7, 11) is 1.67. The predicted octanol–water partition coefficient (Wildman–Crippen LogP) is 1.10. The van der Waals surface area contributed by atoms with Gasteiger partial charge in [0.2, 0.25) is 11.8 Å². The molecular weight excluding hydrogens is 346 g/mol. The Morgan fingerprint density at radius 3 is 2.74 bits per heavy atom. The zero-order valence-corrected chi connectivity index (χ0v) is 16.5. The molecule has 27 heavy (non-hydrogen) atoms. The van der Waals surface area contributed by atoms with Crippen LogP contribution in [0.1, 0.15) is 63.6 Å². The standard InChI is InChI=1S/C19H31N5O3/c1-3-24-18(20-21(2)19(24)27)15-8-7-12-23(14-15)17(26)10-13-22-11-6-4-5-9-16(22)25/h15H,3-14H2,1-2H3/t15-/m1/s1. The van der Waals surface area contributed by atoms with Crippen LogP contribution in [-0.4, -0.2) is 62.1 Å². The van der Waals surface area contributed by atoms with E-state index in [9.17, 15) is 14.4 Å². The van der Waals surface area contributed by atoms with Crippen molar-refractivity contribution in [2.75, 3.05) is 26.2 Å². The molecule has 0 radical (unpaired) electrons. The number of aryl methyl sites for hydroxylation is 1. The zero-order valence-electron chi connectivity index (χ0n) is 16.5. The van der Waals surface area contributed by atoms with Crippen molar-refractivity contribution in [3.05, 3.63) is 16.3 Å². The highest BCUT2D eigenvalue weighted by molar-refractivity contribution is 5.79. The Kier molecular flexibility index (Phi) is 6.34. The molecule has 3 rings (SSSR count). The van der Waals surface area contributed by atoms with Crippen LogP contribution in [0.3, 0.4) is 0 Å². The second-order valence-corrected chi connectivity index (χ2v) is 7.63. The summed E-state index contributed by atoms with van der Waals surface area (Å²) >= 11 is 0. The molecule has 0 aliphatic carbocycles. The molecule has 0 bridgehead atoms. The van der Waals surface area contributed by atoms with Crippen LogP contribution in [0.4, 0.5) is 0 Å². The molecule has 2 fully saturated rings. The van der Waals surface area contributed by atoms with Gasteiger partial charge in [-0.15, -0.1) is 0 Å². The number of hydrogen-bond donors (Lipinski definition) is 0. The van der Waals surface area contributed by atoms with Crippen LogP contribution < -0.4 is 5.69 Å². The lowest BCUT2D eigenvalue weighted by atomic mass is 9.97. The molecule has 1 atom stereocenters. The lowest BCUT2D eigenvalue weighted by molar-refractivity contribution is -0.135. The van der Waals surface area contributed by atoms with Gasteiger partial charge < -0.3 is 9.80 Å². The molecule has 0 aromatic carbocycles. The second kappa shape index (κ2) is 8.71. The van der Waals surface area contributed by atoms with Crippen molar-refractivity contribution in [2.45, 2.75) is 64.3 Å². The van der Waals surface area contributed by atoms with Crippen LogP contribution in [0.15, 0.2) is 4.79 Å². The molecule has 0 spiro atoms. The Labute approximate surface area is 160 Å². The van der Waals surface area contributed by atoms with E-state index in [1.54, 1.807) is 11.6 Å². The Bertz CT molecular complexity index is 738. The summed E-state index contributed by atoms with van der Waals surface area (Å²) in [5.41, 5.74) is -0.101. The van der Waals surface area contributed by atoms with Gasteiger partial charge in [-0.3, -0.25) is 14.2 Å². The fourth-order valence-electron chi connectivity index (χ4n) is 4.20. The highest BCUT2D eigenvalue weighted by Gasteiger charge is 2.29. The summed E-state index contributed by atoms with van der Waals surface area (Å²) < 4.78 is 3.08. The lowest BCUT2D eigenvalue weighted by Gasteiger charge is -2.33. The van der Waals surface area contributed by atoms with Crippen LogP contribution in [0.25, 0.3) is 0 Å². The molecule has 8 nitrogen and oxygen atoms in total. The van der Waals surface area contributed by atoms with Gasteiger partial charge >= 0.3 is 5.69 Å². The van der Waals surface area contributed by atoms with Crippen molar-refractivity contribution in [3.8, 4) is 0 Å². The molecule has 0 unspecified atom stereocenters. The smallest absolute Gasteiger partial charge is 0.342 e. The van der Waals surface area contributed by atoms with Crippen molar-refractivity contribution >= 4 is 11.8 Å². The third-order valence-electron chi connectivity index (χ3n) is 5.76. The van der Waals surface area contributed by atoms with Crippen LogP contribution >= 0.6 is 0 Å². The number of amides is 2. The molecule has 150 valence electrons. The SMILES string of the molecule is CCn1c([C@@H]2CCCN(C(=O)CCN3CCCCCC3=O)C2)nn(C)c1=O. The van der Waals surface area contributed by atoms with E-state index in [-0.39, 0.29) is 23.4 Å². The maximum Gasteiger partial charge on any atom is 0.345 e. The van der Waals surface area contributed by atoms with E-state index in [1.807, 2.05) is 16.7 Å². The summed E-state index contributed by atoms with van der Waals surface area (Å²) in [6, 6.07) is 0. The number of rotatable bonds is 5. The maximum atomic E-state index is 12.7. The van der Waals surface area contributed by atoms with E-state index in [2.05, 4.69) is 5.10 Å². The minimum Gasteiger partial charge on any atom is -0.342 e. The largest absolute Gasteiger partial charge is 0.345 e. The van der Waals surface area contributed by atoms with E-state index in [4.69, 9.17) is 0 Å². The Balaban J connectivity index is 1.60. The predicted molar refractivity (Wildman–Crippen MR) is 101 cm³/mol. The Morgan fingerprint density at radius 2 is 1.96 bits per heavy atom. The zero-order chi connectivity index (χ0) is 19.4. The normalized spacial score (nSPS) is 21.4. The van der Waals surface area contributed by atoms with Gasteiger partial charge in [0.1, 0.15) is 5.82 Å². The van der Waals surface area contributed by atoms with Crippen molar-refractivity contribution in [2.24, 2.45) is 7.05 Å². The molecule has 2 saturated heterocycles. The highest BCUT2D eigenvalue weighted by atomic mass is 16.2. The monoisotopic (exact) mass is 377 g/mol. The molecule has 0 saturated carbocycles. The van der Waals surface area contributed by atoms with Crippen molar-refractivity contribution in [1.29, 1.82) is 0 Å². The molecule has 2 amide bonds. The number of carbonyl (C=O) groups is 2. The average molecular weight is 377 g/mol. The van der Waals surface area contributed by atoms with Crippen LogP contribution in [-0.2, 0) is 23.2 Å². The van der Waals surface area contributed by atoms with Crippen LogP contribution in [0.5, 0.6) is 0 Å². The first kappa shape index (κ1) is 19.6. The molecule has 1 aromatic rings. The van der Waals surface area contributed by atoms with Gasteiger partial charge in [-0.1, -0.05) is 6.42 Å². The third kappa shape index (κ3) is 4.42. The van der Waals surface area contributed by atoms with Gasteiger partial charge in [-0.05, 0) is 32.6 Å². The summed E-state index contributed by atoms with van der Waals surface area (Å²) in [5.74, 6) is 1.15. The van der Waals surface area contributed by atoms with E-state index >= 15 is 0 Å². The number of hydrogen-bond acceptors (Lipinski definition) is 4. The number of nitrogens with zero attached hydrogens (tertiary/aromatic N) is 5. The van der Waals surface area contributed by atoms with Gasteiger partial charge in [0.25, 0.3) is 0 Å². The van der Waals surface area contributed by atoms with E-state index in [0.717, 1.165) is 51.0 Å². The first-order chi connectivity index (χ1) is 13.0. The first-order valence-corrected chi connectivity index (χ1v) is 10.2. The van der Waals surface area contributed by atoms with Gasteiger partial charge in [-0.2, -0.15) is 5.10 Å². The van der Waals surface area contributed by atoms with Crippen molar-refractivity contribution in [1.82, 2.24) is 24.1 Å². The Hall–Kier alpha value is -2.12. The molecule has 8 heteroatoms. The number of piperidine rings is 1. The fourth-order valence-corrected chi connectivity index (χ4v) is 4.20. The molecule has 0 N–H and O–H groups in total. The molecule has 2 aliphatic rings. The van der Waals surface area contributed by atoms with Crippen molar-refractivity contribution in [3.63, 3.8) is 0 Å². The second-order valence-electron chi connectivity index (χ2n) is 7.63. The average Bonchev–Trinajstić information content (AvgIpc) is 2.82. The Morgan fingerprint density at radius 1 is 1.15 bits per heavy atom. The lowest BCUT2D eigenvalue weighted by Crippen LogP contribution is -2.42. The summed E-state index contributed by atoms with van der Waals surface area (Å²) in [6.45, 7) is 5.16. The first-order valence-electron chi connectivity index (χ1n) is 10.2. The number of aromatic nitrogens is 3. The van der Waals surface area contributed by atoms with Gasteiger partial charge in [-0.25, -0.2) is 9.48 Å². The van der Waals surface area contributed by atoms with Gasteiger partial charge in [0.05, 0.1) is 0 Å². The minimum absolute atomic E-state index is 0.0939. The third-order valence-corrected chi connectivity index (χ3v) is 5.76. The summed E-state index contributed by atoms with van der Waals surface area (Å²) in [5, 5.41) is 4.41. The van der Waals surface area contributed by atoms with E-state index < -0.39 is 0 Å². The molecular formula is C19H31N5O3. The van der Waals surface area contributed by atoms with E-state index in [0.29, 0.717) is 32.5 Å². The minimum atomic E-state index is -0.101. The molecule has 3 heterocycles. The fraction of sp³-hybridized carbons (Fsp3) is 0.789. The van der Waals surface area contributed by atoms with Crippen molar-refractivity contribution < 1.29 is 9.59 Å². The van der Waals surface area contributed by atoms with E-state index in [1.165, 1.54) is 4.68 Å². The quantitative estimate of drug-likeness (QED) is 0.770. The van der Waals surface area contributed by atoms with Gasteiger partial charge in [0.15, 0.2) is 0 Å². The topological polar surface area (TPSA) is 80.4 Å². The maximum absolute atomic E-state index is 12.7. The number of carbonyl (C=O) groups excluding carboxylic acids is 2. The van der Waals surface area contributed by atoms with Crippen LogP contribution in [0, 0.1) is 0 Å². The summed E-state index contributed by atoms with van der Waals surface area (Å²) in [4.78, 5) is 40.7. The molecule has 2 aliphatic heterocycles. The number of likely N-dealkylation sites (tertiary alicyclic amines) is 2. The summed E-state index contributed by atoms with van der Waals surface area (Å²) in [6.07, 6.45) is 5.90. The van der Waals surface area contributed by atoms with Gasteiger partial charge in [0, 0.05) is 58.5 Å². The highest BCUT2D eigenvalue weighted by Crippen LogP contribution is 2.25. The van der Waals surface area contributed by atoms with Crippen LogP contribution in [0.2, 0.25) is 0 Å².